The number of rotatable bonds is 3. The second-order valence-corrected chi connectivity index (χ2v) is 6.81. The number of aliphatic carboxylic acids is 1. The first-order valence-corrected chi connectivity index (χ1v) is 8.66. The predicted octanol–water partition coefficient (Wildman–Crippen LogP) is 5.19. The summed E-state index contributed by atoms with van der Waals surface area (Å²) >= 11 is 0. The smallest absolute Gasteiger partial charge is 0.475 e. The van der Waals surface area contributed by atoms with Crippen molar-refractivity contribution in [1.82, 2.24) is 9.55 Å². The first kappa shape index (κ1) is 19.9. The summed E-state index contributed by atoms with van der Waals surface area (Å²) in [6.45, 7) is 2.87. The van der Waals surface area contributed by atoms with E-state index in [-0.39, 0.29) is 5.82 Å². The van der Waals surface area contributed by atoms with E-state index >= 15 is 0 Å². The number of alkyl halides is 3. The molecular formula is C20H18F4N2O2. The molecule has 1 aliphatic rings. The van der Waals surface area contributed by atoms with Crippen LogP contribution in [-0.4, -0.2) is 26.8 Å². The molecule has 2 heterocycles. The maximum absolute atomic E-state index is 13.4. The summed E-state index contributed by atoms with van der Waals surface area (Å²) in [7, 11) is 0. The second-order valence-electron chi connectivity index (χ2n) is 6.81. The highest BCUT2D eigenvalue weighted by atomic mass is 19.4. The van der Waals surface area contributed by atoms with Crippen LogP contribution >= 0.6 is 0 Å². The molecule has 0 aliphatic heterocycles. The number of hydrogen-bond acceptors (Lipinski definition) is 2. The summed E-state index contributed by atoms with van der Waals surface area (Å²) in [4.78, 5) is 13.4. The fourth-order valence-electron chi connectivity index (χ4n) is 2.78. The number of halogens is 4. The van der Waals surface area contributed by atoms with Gasteiger partial charge >= 0.3 is 12.1 Å². The van der Waals surface area contributed by atoms with Gasteiger partial charge in [-0.15, -0.1) is 0 Å². The van der Waals surface area contributed by atoms with Crippen LogP contribution in [0.2, 0.25) is 0 Å². The van der Waals surface area contributed by atoms with Crippen LogP contribution in [0.15, 0.2) is 42.7 Å². The van der Waals surface area contributed by atoms with Gasteiger partial charge in [0.1, 0.15) is 5.82 Å². The zero-order valence-electron chi connectivity index (χ0n) is 15.0. The van der Waals surface area contributed by atoms with Gasteiger partial charge in [-0.2, -0.15) is 13.2 Å². The van der Waals surface area contributed by atoms with E-state index in [0.717, 1.165) is 29.1 Å². The average Bonchev–Trinajstić information content (AvgIpc) is 3.36. The van der Waals surface area contributed by atoms with Gasteiger partial charge in [0.2, 0.25) is 0 Å². The van der Waals surface area contributed by atoms with Gasteiger partial charge in [0.15, 0.2) is 0 Å². The molecule has 1 fully saturated rings. The molecule has 1 aromatic carbocycles. The van der Waals surface area contributed by atoms with Crippen molar-refractivity contribution in [2.45, 2.75) is 32.5 Å². The molecular weight excluding hydrogens is 376 g/mol. The molecule has 0 saturated heterocycles. The number of pyridine rings is 1. The molecule has 0 unspecified atom stereocenters. The summed E-state index contributed by atoms with van der Waals surface area (Å²) < 4.78 is 47.4. The lowest BCUT2D eigenvalue weighted by molar-refractivity contribution is -0.192. The molecule has 0 radical (unpaired) electrons. The van der Waals surface area contributed by atoms with E-state index < -0.39 is 12.1 Å². The van der Waals surface area contributed by atoms with Gasteiger partial charge in [0, 0.05) is 24.5 Å². The average molecular weight is 394 g/mol. The Morgan fingerprint density at radius 2 is 1.89 bits per heavy atom. The molecule has 148 valence electrons. The van der Waals surface area contributed by atoms with Crippen molar-refractivity contribution >= 4 is 17.0 Å². The number of aromatic nitrogens is 2. The molecule has 2 aromatic heterocycles. The zero-order chi connectivity index (χ0) is 20.5. The van der Waals surface area contributed by atoms with Crippen LogP contribution in [-0.2, 0) is 11.3 Å². The van der Waals surface area contributed by atoms with Crippen molar-refractivity contribution < 1.29 is 27.5 Å². The Balaban J connectivity index is 0.000000279. The zero-order valence-corrected chi connectivity index (χ0v) is 15.0. The van der Waals surface area contributed by atoms with Gasteiger partial charge in [0.25, 0.3) is 0 Å². The lowest BCUT2D eigenvalue weighted by Crippen LogP contribution is -2.21. The molecule has 0 spiro atoms. The van der Waals surface area contributed by atoms with E-state index in [1.165, 1.54) is 24.4 Å². The molecule has 4 rings (SSSR count). The van der Waals surface area contributed by atoms with E-state index in [0.29, 0.717) is 5.56 Å². The lowest BCUT2D eigenvalue weighted by Gasteiger charge is -2.07. The molecule has 0 bridgehead atoms. The highest BCUT2D eigenvalue weighted by molar-refractivity contribution is 5.81. The van der Waals surface area contributed by atoms with Crippen molar-refractivity contribution in [3.8, 4) is 11.1 Å². The minimum Gasteiger partial charge on any atom is -0.475 e. The summed E-state index contributed by atoms with van der Waals surface area (Å²) in [5.41, 5.74) is 4.92. The van der Waals surface area contributed by atoms with Crippen LogP contribution in [0.1, 0.15) is 18.4 Å². The van der Waals surface area contributed by atoms with E-state index in [1.807, 2.05) is 18.3 Å². The van der Waals surface area contributed by atoms with Crippen molar-refractivity contribution in [3.05, 3.63) is 54.1 Å². The Kier molecular flexibility index (Phi) is 5.40. The first-order valence-electron chi connectivity index (χ1n) is 8.66. The summed E-state index contributed by atoms with van der Waals surface area (Å²) in [6.07, 6.45) is 1.58. The van der Waals surface area contributed by atoms with Gasteiger partial charge in [-0.25, -0.2) is 9.18 Å². The van der Waals surface area contributed by atoms with E-state index in [2.05, 4.69) is 27.9 Å². The number of hydrogen-bond donors (Lipinski definition) is 1. The van der Waals surface area contributed by atoms with Crippen molar-refractivity contribution in [2.75, 3.05) is 0 Å². The highest BCUT2D eigenvalue weighted by Gasteiger charge is 2.38. The third kappa shape index (κ3) is 4.68. The molecule has 3 aromatic rings. The maximum atomic E-state index is 13.4. The molecule has 28 heavy (non-hydrogen) atoms. The van der Waals surface area contributed by atoms with Gasteiger partial charge in [-0.05, 0) is 61.1 Å². The number of aryl methyl sites for hydroxylation is 1. The number of carboxylic acid groups (broad SMARTS) is 1. The van der Waals surface area contributed by atoms with Crippen LogP contribution < -0.4 is 0 Å². The monoisotopic (exact) mass is 394 g/mol. The summed E-state index contributed by atoms with van der Waals surface area (Å²) in [5, 5.41) is 7.12. The molecule has 0 amide bonds. The molecule has 1 saturated carbocycles. The van der Waals surface area contributed by atoms with Crippen molar-refractivity contribution in [2.24, 2.45) is 5.92 Å². The molecule has 1 aliphatic carbocycles. The van der Waals surface area contributed by atoms with Gasteiger partial charge in [0.05, 0.1) is 11.0 Å². The number of benzene rings is 1. The Labute approximate surface area is 158 Å². The first-order chi connectivity index (χ1) is 13.1. The third-order valence-electron chi connectivity index (χ3n) is 4.50. The largest absolute Gasteiger partial charge is 0.490 e. The van der Waals surface area contributed by atoms with Crippen LogP contribution in [0.25, 0.3) is 22.2 Å². The lowest BCUT2D eigenvalue weighted by atomic mass is 10.0. The van der Waals surface area contributed by atoms with Crippen LogP contribution in [0, 0.1) is 18.7 Å². The normalized spacial score (nSPS) is 13.9. The number of fused-ring (bicyclic) bond motifs is 1. The Morgan fingerprint density at radius 3 is 2.46 bits per heavy atom. The Hall–Kier alpha value is -2.90. The van der Waals surface area contributed by atoms with Crippen molar-refractivity contribution in [3.63, 3.8) is 0 Å². The standard InChI is InChI=1S/C18H17FN2.C2HF3O2/c1-12-8-14(4-5-16(12)19)15-9-18-17(20-10-15)6-7-21(18)11-13-2-3-13;3-2(4,5)1(6)7/h4-10,13H,2-3,11H2,1H3;(H,6,7). The van der Waals surface area contributed by atoms with Crippen LogP contribution in [0.3, 0.4) is 0 Å². The third-order valence-corrected chi connectivity index (χ3v) is 4.50. The van der Waals surface area contributed by atoms with Crippen molar-refractivity contribution in [1.29, 1.82) is 0 Å². The Bertz CT molecular complexity index is 1010. The SMILES string of the molecule is Cc1cc(-c2cnc3ccn(CC4CC4)c3c2)ccc1F.O=C(O)C(F)(F)F. The fraction of sp³-hybridized carbons (Fsp3) is 0.300. The quantitative estimate of drug-likeness (QED) is 0.622. The van der Waals surface area contributed by atoms with Gasteiger partial charge < -0.3 is 9.67 Å². The van der Waals surface area contributed by atoms with E-state index in [9.17, 15) is 17.6 Å². The fourth-order valence-corrected chi connectivity index (χ4v) is 2.78. The minimum absolute atomic E-state index is 0.162. The minimum atomic E-state index is -5.08. The molecule has 4 nitrogen and oxygen atoms in total. The van der Waals surface area contributed by atoms with Gasteiger partial charge in [-0.3, -0.25) is 4.98 Å². The molecule has 8 heteroatoms. The van der Waals surface area contributed by atoms with E-state index in [1.54, 1.807) is 6.92 Å². The second kappa shape index (κ2) is 7.61. The summed E-state index contributed by atoms with van der Waals surface area (Å²) in [6, 6.07) is 9.46. The summed E-state index contributed by atoms with van der Waals surface area (Å²) in [5.74, 6) is -2.09. The predicted molar refractivity (Wildman–Crippen MR) is 96.3 cm³/mol. The number of nitrogens with zero attached hydrogens (tertiary/aromatic N) is 2. The topological polar surface area (TPSA) is 55.1 Å². The Morgan fingerprint density at radius 1 is 1.21 bits per heavy atom. The molecule has 1 N–H and O–H groups in total. The number of carboxylic acids is 1. The maximum Gasteiger partial charge on any atom is 0.490 e. The highest BCUT2D eigenvalue weighted by Crippen LogP contribution is 2.32. The van der Waals surface area contributed by atoms with Crippen LogP contribution in [0.4, 0.5) is 17.6 Å². The number of carbonyl (C=O) groups is 1. The van der Waals surface area contributed by atoms with E-state index in [4.69, 9.17) is 9.90 Å². The van der Waals surface area contributed by atoms with Crippen LogP contribution in [0.5, 0.6) is 0 Å². The van der Waals surface area contributed by atoms with Gasteiger partial charge in [-0.1, -0.05) is 6.07 Å². The molecule has 0 atom stereocenters.